The molecule has 2 N–H and O–H groups in total. The van der Waals surface area contributed by atoms with Gasteiger partial charge in [0.25, 0.3) is 0 Å². The summed E-state index contributed by atoms with van der Waals surface area (Å²) in [6.07, 6.45) is 1.69. The van der Waals surface area contributed by atoms with E-state index in [1.165, 1.54) is 0 Å². The Kier molecular flexibility index (Phi) is 5.89. The van der Waals surface area contributed by atoms with Crippen molar-refractivity contribution in [2.75, 3.05) is 12.4 Å². The van der Waals surface area contributed by atoms with E-state index in [-0.39, 0.29) is 11.9 Å². The molecule has 6 nitrogen and oxygen atoms in total. The number of carbonyl (C=O) groups is 2. The van der Waals surface area contributed by atoms with Gasteiger partial charge in [-0.15, -0.1) is 0 Å². The van der Waals surface area contributed by atoms with Crippen molar-refractivity contribution in [1.29, 1.82) is 0 Å². The van der Waals surface area contributed by atoms with E-state index >= 15 is 0 Å². The SMILES string of the molecule is C[C@H](c1ccccn1)N(C)C(=O)[C@@H](C)NC(=O)Nc1ccccc1. The fourth-order valence-corrected chi connectivity index (χ4v) is 2.26. The summed E-state index contributed by atoms with van der Waals surface area (Å²) in [5.74, 6) is -0.184. The zero-order valence-corrected chi connectivity index (χ0v) is 14.1. The molecule has 2 rings (SSSR count). The number of amides is 3. The van der Waals surface area contributed by atoms with Gasteiger partial charge in [-0.2, -0.15) is 0 Å². The molecule has 0 bridgehead atoms. The van der Waals surface area contributed by atoms with Gasteiger partial charge in [-0.05, 0) is 38.1 Å². The Hall–Kier alpha value is -2.89. The largest absolute Gasteiger partial charge is 0.336 e. The lowest BCUT2D eigenvalue weighted by Crippen LogP contribution is -2.47. The van der Waals surface area contributed by atoms with Crippen molar-refractivity contribution in [2.45, 2.75) is 25.9 Å². The van der Waals surface area contributed by atoms with E-state index in [9.17, 15) is 9.59 Å². The van der Waals surface area contributed by atoms with Gasteiger partial charge in [0.2, 0.25) is 5.91 Å². The van der Waals surface area contributed by atoms with Crippen LogP contribution >= 0.6 is 0 Å². The van der Waals surface area contributed by atoms with Gasteiger partial charge in [-0.3, -0.25) is 9.78 Å². The number of urea groups is 1. The maximum Gasteiger partial charge on any atom is 0.319 e. The zero-order valence-electron chi connectivity index (χ0n) is 14.1. The average Bonchev–Trinajstić information content (AvgIpc) is 2.61. The van der Waals surface area contributed by atoms with E-state index in [1.807, 2.05) is 43.3 Å². The molecule has 126 valence electrons. The molecule has 2 aromatic rings. The van der Waals surface area contributed by atoms with Crippen molar-refractivity contribution in [3.8, 4) is 0 Å². The lowest BCUT2D eigenvalue weighted by Gasteiger charge is -2.27. The van der Waals surface area contributed by atoms with E-state index in [4.69, 9.17) is 0 Å². The number of likely N-dealkylation sites (N-methyl/N-ethyl adjacent to an activating group) is 1. The van der Waals surface area contributed by atoms with Crippen LogP contribution in [0.5, 0.6) is 0 Å². The second-order valence-corrected chi connectivity index (χ2v) is 5.57. The lowest BCUT2D eigenvalue weighted by atomic mass is 10.1. The van der Waals surface area contributed by atoms with Crippen LogP contribution in [0.15, 0.2) is 54.7 Å². The number of nitrogens with one attached hydrogen (secondary N) is 2. The highest BCUT2D eigenvalue weighted by Gasteiger charge is 2.24. The molecule has 1 heterocycles. The predicted octanol–water partition coefficient (Wildman–Crippen LogP) is 2.81. The van der Waals surface area contributed by atoms with E-state index in [0.29, 0.717) is 5.69 Å². The van der Waals surface area contributed by atoms with Gasteiger partial charge in [0.1, 0.15) is 6.04 Å². The van der Waals surface area contributed by atoms with Crippen LogP contribution in [-0.2, 0) is 4.79 Å². The van der Waals surface area contributed by atoms with Crippen LogP contribution in [-0.4, -0.2) is 34.9 Å². The lowest BCUT2D eigenvalue weighted by molar-refractivity contribution is -0.133. The van der Waals surface area contributed by atoms with Gasteiger partial charge in [0, 0.05) is 18.9 Å². The van der Waals surface area contributed by atoms with Gasteiger partial charge < -0.3 is 15.5 Å². The minimum absolute atomic E-state index is 0.180. The van der Waals surface area contributed by atoms with Crippen LogP contribution < -0.4 is 10.6 Å². The van der Waals surface area contributed by atoms with Crippen molar-refractivity contribution in [2.24, 2.45) is 0 Å². The first-order chi connectivity index (χ1) is 11.5. The first-order valence-electron chi connectivity index (χ1n) is 7.79. The number of hydrogen-bond donors (Lipinski definition) is 2. The molecule has 0 fully saturated rings. The van der Waals surface area contributed by atoms with Gasteiger partial charge in [0.15, 0.2) is 0 Å². The van der Waals surface area contributed by atoms with Crippen molar-refractivity contribution in [3.05, 3.63) is 60.4 Å². The third kappa shape index (κ3) is 4.55. The molecule has 0 aliphatic rings. The molecule has 0 spiro atoms. The summed E-state index contributed by atoms with van der Waals surface area (Å²) in [6.45, 7) is 3.56. The first kappa shape index (κ1) is 17.5. The molecule has 0 aliphatic heterocycles. The van der Waals surface area contributed by atoms with Crippen molar-refractivity contribution in [1.82, 2.24) is 15.2 Å². The molecule has 6 heteroatoms. The smallest absolute Gasteiger partial charge is 0.319 e. The second-order valence-electron chi connectivity index (χ2n) is 5.57. The van der Waals surface area contributed by atoms with Gasteiger partial charge >= 0.3 is 6.03 Å². The third-order valence-electron chi connectivity index (χ3n) is 3.79. The number of nitrogens with zero attached hydrogens (tertiary/aromatic N) is 2. The highest BCUT2D eigenvalue weighted by molar-refractivity contribution is 5.93. The molecular formula is C18H22N4O2. The van der Waals surface area contributed by atoms with Crippen LogP contribution in [0, 0.1) is 0 Å². The molecule has 0 unspecified atom stereocenters. The fraction of sp³-hybridized carbons (Fsp3) is 0.278. The zero-order chi connectivity index (χ0) is 17.5. The topological polar surface area (TPSA) is 74.3 Å². The number of rotatable bonds is 5. The summed E-state index contributed by atoms with van der Waals surface area (Å²) in [7, 11) is 1.70. The van der Waals surface area contributed by atoms with Crippen molar-refractivity contribution < 1.29 is 9.59 Å². The Morgan fingerprint density at radius 2 is 1.71 bits per heavy atom. The third-order valence-corrected chi connectivity index (χ3v) is 3.79. The maximum absolute atomic E-state index is 12.5. The molecule has 3 amide bonds. The maximum atomic E-state index is 12.5. The number of carbonyl (C=O) groups excluding carboxylic acids is 2. The van der Waals surface area contributed by atoms with Crippen molar-refractivity contribution >= 4 is 17.6 Å². The Bertz CT molecular complexity index is 676. The quantitative estimate of drug-likeness (QED) is 0.887. The Balaban J connectivity index is 1.92. The Morgan fingerprint density at radius 3 is 2.33 bits per heavy atom. The number of anilines is 1. The van der Waals surface area contributed by atoms with Gasteiger partial charge in [-0.25, -0.2) is 4.79 Å². The van der Waals surface area contributed by atoms with Crippen LogP contribution in [0.4, 0.5) is 10.5 Å². The van der Waals surface area contributed by atoms with E-state index in [1.54, 1.807) is 37.2 Å². The summed E-state index contributed by atoms with van der Waals surface area (Å²) in [4.78, 5) is 30.3. The molecule has 0 saturated carbocycles. The van der Waals surface area contributed by atoms with Crippen LogP contribution in [0.25, 0.3) is 0 Å². The molecule has 2 atom stereocenters. The van der Waals surface area contributed by atoms with E-state index in [2.05, 4.69) is 15.6 Å². The van der Waals surface area contributed by atoms with Gasteiger partial charge in [-0.1, -0.05) is 24.3 Å². The van der Waals surface area contributed by atoms with Crippen molar-refractivity contribution in [3.63, 3.8) is 0 Å². The molecular weight excluding hydrogens is 304 g/mol. The standard InChI is InChI=1S/C18H22N4O2/c1-13(20-18(24)21-15-9-5-4-6-10-15)17(23)22(3)14(2)16-11-7-8-12-19-16/h4-14H,1-3H3,(H2,20,21,24)/t13-,14-/m1/s1. The monoisotopic (exact) mass is 326 g/mol. The summed E-state index contributed by atoms with van der Waals surface area (Å²) >= 11 is 0. The van der Waals surface area contributed by atoms with Crippen LogP contribution in [0.3, 0.4) is 0 Å². The number of aromatic nitrogens is 1. The molecule has 1 aromatic carbocycles. The summed E-state index contributed by atoms with van der Waals surface area (Å²) in [5, 5.41) is 5.35. The summed E-state index contributed by atoms with van der Waals surface area (Å²) in [5.41, 5.74) is 1.47. The highest BCUT2D eigenvalue weighted by atomic mass is 16.2. The highest BCUT2D eigenvalue weighted by Crippen LogP contribution is 2.16. The van der Waals surface area contributed by atoms with E-state index < -0.39 is 12.1 Å². The predicted molar refractivity (Wildman–Crippen MR) is 93.5 cm³/mol. The minimum Gasteiger partial charge on any atom is -0.336 e. The number of benzene rings is 1. The van der Waals surface area contributed by atoms with Crippen LogP contribution in [0.1, 0.15) is 25.6 Å². The molecule has 0 radical (unpaired) electrons. The minimum atomic E-state index is -0.648. The Labute approximate surface area is 141 Å². The normalized spacial score (nSPS) is 12.8. The number of pyridine rings is 1. The molecule has 1 aromatic heterocycles. The average molecular weight is 326 g/mol. The first-order valence-corrected chi connectivity index (χ1v) is 7.79. The fourth-order valence-electron chi connectivity index (χ4n) is 2.26. The molecule has 0 aliphatic carbocycles. The number of hydrogen-bond acceptors (Lipinski definition) is 3. The molecule has 24 heavy (non-hydrogen) atoms. The Morgan fingerprint density at radius 1 is 1.04 bits per heavy atom. The van der Waals surface area contributed by atoms with Crippen LogP contribution in [0.2, 0.25) is 0 Å². The summed E-state index contributed by atoms with van der Waals surface area (Å²) < 4.78 is 0. The number of para-hydroxylation sites is 1. The molecule has 0 saturated heterocycles. The second kappa shape index (κ2) is 8.10. The summed E-state index contributed by atoms with van der Waals surface area (Å²) in [6, 6.07) is 13.4. The van der Waals surface area contributed by atoms with Gasteiger partial charge in [0.05, 0.1) is 11.7 Å². The van der Waals surface area contributed by atoms with E-state index in [0.717, 1.165) is 5.69 Å².